The molecule has 1 aromatic rings. The number of aryl methyl sites for hydroxylation is 1. The summed E-state index contributed by atoms with van der Waals surface area (Å²) in [4.78, 5) is 0.141. The molecule has 1 N–H and O–H groups in total. The molecule has 1 aromatic carbocycles. The molecule has 2 spiro atoms. The second-order valence-corrected chi connectivity index (χ2v) is 19.1. The summed E-state index contributed by atoms with van der Waals surface area (Å²) >= 11 is 0. The summed E-state index contributed by atoms with van der Waals surface area (Å²) in [7, 11) is -6.08. The van der Waals surface area contributed by atoms with Gasteiger partial charge in [-0.25, -0.2) is 0 Å². The van der Waals surface area contributed by atoms with E-state index in [4.69, 9.17) is 18.1 Å². The van der Waals surface area contributed by atoms with Crippen molar-refractivity contribution in [2.45, 2.75) is 125 Å². The molecular formula is C28H46O7SSi. The first-order valence-electron chi connectivity index (χ1n) is 13.8. The quantitative estimate of drug-likeness (QED) is 0.258. The van der Waals surface area contributed by atoms with Crippen molar-refractivity contribution >= 4 is 18.4 Å². The van der Waals surface area contributed by atoms with E-state index in [9.17, 15) is 13.5 Å². The van der Waals surface area contributed by atoms with Gasteiger partial charge in [-0.2, -0.15) is 8.42 Å². The standard InChI is InChI=1S/C28H46O7SSi/c1-22-10-12-23(13-11-22)36(30,31)34-21-8-16-27(29)24(35-37(5,6)25(2,3)4)14-18-26(15-7-19-32-26)28(27)17-9-20-33-28/h10-13,24,29H,7-9,14-21H2,1-6H3/t24-,26+,27-,28-/m0/s1. The molecule has 2 saturated heterocycles. The molecule has 2 heterocycles. The molecule has 3 aliphatic rings. The highest BCUT2D eigenvalue weighted by atomic mass is 32.2. The van der Waals surface area contributed by atoms with E-state index in [-0.39, 0.29) is 16.5 Å². The van der Waals surface area contributed by atoms with Gasteiger partial charge in [0.05, 0.1) is 17.6 Å². The Morgan fingerprint density at radius 3 is 2.27 bits per heavy atom. The Labute approximate surface area is 224 Å². The molecule has 7 nitrogen and oxygen atoms in total. The molecule has 0 amide bonds. The average molecular weight is 555 g/mol. The Morgan fingerprint density at radius 1 is 1.05 bits per heavy atom. The first-order chi connectivity index (χ1) is 17.2. The molecule has 0 unspecified atom stereocenters. The summed E-state index contributed by atoms with van der Waals surface area (Å²) in [6.45, 7) is 14.2. The zero-order valence-corrected chi connectivity index (χ0v) is 25.3. The first-order valence-corrected chi connectivity index (χ1v) is 18.1. The molecule has 4 rings (SSSR count). The van der Waals surface area contributed by atoms with Crippen LogP contribution in [0.25, 0.3) is 0 Å². The predicted molar refractivity (Wildman–Crippen MR) is 146 cm³/mol. The number of aliphatic hydroxyl groups is 1. The molecule has 210 valence electrons. The summed E-state index contributed by atoms with van der Waals surface area (Å²) in [5, 5.41) is 12.7. The number of benzene rings is 1. The van der Waals surface area contributed by atoms with Crippen LogP contribution in [0.1, 0.15) is 77.7 Å². The Kier molecular flexibility index (Phi) is 8.12. The van der Waals surface area contributed by atoms with Gasteiger partial charge in [0.1, 0.15) is 16.8 Å². The predicted octanol–water partition coefficient (Wildman–Crippen LogP) is 5.49. The third-order valence-electron chi connectivity index (χ3n) is 9.40. The van der Waals surface area contributed by atoms with Crippen LogP contribution in [0.3, 0.4) is 0 Å². The van der Waals surface area contributed by atoms with Gasteiger partial charge in [0.25, 0.3) is 10.1 Å². The van der Waals surface area contributed by atoms with Crippen molar-refractivity contribution in [2.75, 3.05) is 19.8 Å². The molecule has 0 aromatic heterocycles. The van der Waals surface area contributed by atoms with Crippen LogP contribution in [0.5, 0.6) is 0 Å². The Bertz CT molecular complexity index is 1040. The van der Waals surface area contributed by atoms with Gasteiger partial charge in [-0.3, -0.25) is 4.18 Å². The molecule has 37 heavy (non-hydrogen) atoms. The van der Waals surface area contributed by atoms with Crippen molar-refractivity contribution in [2.24, 2.45) is 0 Å². The summed E-state index contributed by atoms with van der Waals surface area (Å²) in [5.74, 6) is 0. The lowest BCUT2D eigenvalue weighted by Gasteiger charge is -2.61. The summed E-state index contributed by atoms with van der Waals surface area (Å²) in [6, 6.07) is 6.63. The lowest BCUT2D eigenvalue weighted by atomic mass is 9.58. The van der Waals surface area contributed by atoms with Crippen molar-refractivity contribution in [3.05, 3.63) is 29.8 Å². The maximum Gasteiger partial charge on any atom is 0.296 e. The Balaban J connectivity index is 1.58. The zero-order chi connectivity index (χ0) is 27.2. The van der Waals surface area contributed by atoms with Gasteiger partial charge < -0.3 is 19.0 Å². The fourth-order valence-electron chi connectivity index (χ4n) is 6.35. The largest absolute Gasteiger partial charge is 0.411 e. The SMILES string of the molecule is Cc1ccc(S(=O)(=O)OCCC[C@]2(O)[C@@H](O[Si](C)(C)C(C)(C)C)CC[C@]3(CCCO3)[C@@]23CCCO3)cc1. The average Bonchev–Trinajstić information content (AvgIpc) is 3.49. The second kappa shape index (κ2) is 10.3. The molecule has 2 aliphatic heterocycles. The number of hydrogen-bond donors (Lipinski definition) is 1. The van der Waals surface area contributed by atoms with Crippen molar-refractivity contribution in [1.82, 2.24) is 0 Å². The molecule has 4 atom stereocenters. The molecule has 0 radical (unpaired) electrons. The van der Waals surface area contributed by atoms with E-state index < -0.39 is 41.3 Å². The Morgan fingerprint density at radius 2 is 1.70 bits per heavy atom. The van der Waals surface area contributed by atoms with Gasteiger partial charge in [0.2, 0.25) is 0 Å². The molecule has 3 fully saturated rings. The molecule has 0 bridgehead atoms. The highest BCUT2D eigenvalue weighted by Crippen LogP contribution is 2.59. The van der Waals surface area contributed by atoms with Crippen LogP contribution in [0.4, 0.5) is 0 Å². The first kappa shape index (κ1) is 29.2. The second-order valence-electron chi connectivity index (χ2n) is 12.7. The van der Waals surface area contributed by atoms with E-state index in [2.05, 4.69) is 33.9 Å². The minimum atomic E-state index is -3.87. The van der Waals surface area contributed by atoms with Gasteiger partial charge >= 0.3 is 0 Å². The fourth-order valence-corrected chi connectivity index (χ4v) is 8.67. The van der Waals surface area contributed by atoms with Crippen molar-refractivity contribution < 1.29 is 31.6 Å². The third-order valence-corrected chi connectivity index (χ3v) is 15.2. The fraction of sp³-hybridized carbons (Fsp3) is 0.786. The van der Waals surface area contributed by atoms with Crippen LogP contribution in [0, 0.1) is 6.92 Å². The normalized spacial score (nSPS) is 33.0. The van der Waals surface area contributed by atoms with Crippen LogP contribution in [-0.2, 0) is 28.2 Å². The lowest BCUT2D eigenvalue weighted by Crippen LogP contribution is -2.75. The van der Waals surface area contributed by atoms with E-state index in [0.29, 0.717) is 38.9 Å². The van der Waals surface area contributed by atoms with E-state index >= 15 is 0 Å². The third kappa shape index (κ3) is 5.22. The van der Waals surface area contributed by atoms with E-state index in [1.165, 1.54) is 0 Å². The van der Waals surface area contributed by atoms with Crippen LogP contribution < -0.4 is 0 Å². The van der Waals surface area contributed by atoms with Crippen LogP contribution in [0.2, 0.25) is 18.1 Å². The van der Waals surface area contributed by atoms with Gasteiger partial charge in [-0.15, -0.1) is 0 Å². The van der Waals surface area contributed by atoms with E-state index in [1.807, 2.05) is 6.92 Å². The van der Waals surface area contributed by atoms with E-state index in [1.54, 1.807) is 24.3 Å². The van der Waals surface area contributed by atoms with Crippen molar-refractivity contribution in [3.63, 3.8) is 0 Å². The molecular weight excluding hydrogens is 508 g/mol. The van der Waals surface area contributed by atoms with Gasteiger partial charge in [-0.05, 0) is 88.6 Å². The van der Waals surface area contributed by atoms with Gasteiger partial charge in [0, 0.05) is 13.2 Å². The monoisotopic (exact) mass is 554 g/mol. The molecule has 1 saturated carbocycles. The van der Waals surface area contributed by atoms with Crippen LogP contribution in [0.15, 0.2) is 29.2 Å². The minimum Gasteiger partial charge on any atom is -0.411 e. The zero-order valence-electron chi connectivity index (χ0n) is 23.5. The summed E-state index contributed by atoms with van der Waals surface area (Å²) in [5.41, 5.74) is -1.72. The number of rotatable bonds is 8. The van der Waals surface area contributed by atoms with E-state index in [0.717, 1.165) is 31.2 Å². The minimum absolute atomic E-state index is 0.0121. The lowest BCUT2D eigenvalue weighted by molar-refractivity contribution is -0.302. The highest BCUT2D eigenvalue weighted by molar-refractivity contribution is 7.86. The van der Waals surface area contributed by atoms with Crippen molar-refractivity contribution in [3.8, 4) is 0 Å². The molecule has 1 aliphatic carbocycles. The Hall–Kier alpha value is -0.813. The summed E-state index contributed by atoms with van der Waals surface area (Å²) in [6.07, 6.45) is 5.15. The number of ether oxygens (including phenoxy) is 2. The number of hydrogen-bond acceptors (Lipinski definition) is 7. The smallest absolute Gasteiger partial charge is 0.296 e. The van der Waals surface area contributed by atoms with Gasteiger partial charge in [0.15, 0.2) is 8.32 Å². The van der Waals surface area contributed by atoms with Crippen LogP contribution in [-0.4, -0.2) is 64.6 Å². The summed E-state index contributed by atoms with van der Waals surface area (Å²) < 4.78 is 50.8. The topological polar surface area (TPSA) is 91.3 Å². The number of fused-ring (bicyclic) bond motifs is 1. The van der Waals surface area contributed by atoms with Crippen molar-refractivity contribution in [1.29, 1.82) is 0 Å². The van der Waals surface area contributed by atoms with Crippen LogP contribution >= 0.6 is 0 Å². The van der Waals surface area contributed by atoms with Gasteiger partial charge in [-0.1, -0.05) is 38.5 Å². The highest BCUT2D eigenvalue weighted by Gasteiger charge is 2.71. The maximum atomic E-state index is 12.7. The maximum absolute atomic E-state index is 12.7. The molecule has 9 heteroatoms.